The minimum atomic E-state index is -1.38. The first-order valence-corrected chi connectivity index (χ1v) is 5.95. The second-order valence-corrected chi connectivity index (χ2v) is 3.91. The van der Waals surface area contributed by atoms with Crippen LogP contribution in [0.4, 0.5) is 10.1 Å². The Morgan fingerprint density at radius 3 is 2.74 bits per heavy atom. The predicted octanol–water partition coefficient (Wildman–Crippen LogP) is 2.28. The van der Waals surface area contributed by atoms with Gasteiger partial charge in [0.2, 0.25) is 5.91 Å². The van der Waals surface area contributed by atoms with Crippen LogP contribution in [0.25, 0.3) is 0 Å². The average Bonchev–Trinajstić information content (AvgIpc) is 2.36. The first-order chi connectivity index (χ1) is 9.04. The van der Waals surface area contributed by atoms with Crippen LogP contribution in [0, 0.1) is 5.82 Å². The SMILES string of the molecule is CCCOCCC(=O)Nc1ccc(F)c(C(=O)O)c1. The molecule has 0 atom stereocenters. The molecule has 0 aliphatic carbocycles. The molecule has 5 nitrogen and oxygen atoms in total. The van der Waals surface area contributed by atoms with Crippen molar-refractivity contribution in [3.63, 3.8) is 0 Å². The number of benzene rings is 1. The lowest BCUT2D eigenvalue weighted by molar-refractivity contribution is -0.117. The Morgan fingerprint density at radius 2 is 2.11 bits per heavy atom. The van der Waals surface area contributed by atoms with Gasteiger partial charge in [-0.05, 0) is 24.6 Å². The Kier molecular flexibility index (Phi) is 5.95. The van der Waals surface area contributed by atoms with E-state index >= 15 is 0 Å². The van der Waals surface area contributed by atoms with Crippen molar-refractivity contribution in [3.05, 3.63) is 29.6 Å². The molecule has 19 heavy (non-hydrogen) atoms. The first-order valence-electron chi connectivity index (χ1n) is 5.95. The topological polar surface area (TPSA) is 75.6 Å². The Hall–Kier alpha value is -1.95. The molecule has 1 rings (SSSR count). The van der Waals surface area contributed by atoms with E-state index in [1.54, 1.807) is 0 Å². The number of carbonyl (C=O) groups is 2. The van der Waals surface area contributed by atoms with Crippen LogP contribution in [0.3, 0.4) is 0 Å². The molecular weight excluding hydrogens is 253 g/mol. The van der Waals surface area contributed by atoms with E-state index in [0.29, 0.717) is 13.2 Å². The molecule has 0 heterocycles. The van der Waals surface area contributed by atoms with Gasteiger partial charge in [0.25, 0.3) is 0 Å². The maximum absolute atomic E-state index is 13.1. The molecule has 0 saturated heterocycles. The Morgan fingerprint density at radius 1 is 1.37 bits per heavy atom. The zero-order valence-corrected chi connectivity index (χ0v) is 10.6. The van der Waals surface area contributed by atoms with Crippen LogP contribution in [0.15, 0.2) is 18.2 Å². The summed E-state index contributed by atoms with van der Waals surface area (Å²) in [5.74, 6) is -2.52. The minimum absolute atomic E-state index is 0.166. The van der Waals surface area contributed by atoms with Crippen molar-refractivity contribution in [2.75, 3.05) is 18.5 Å². The Bertz CT molecular complexity index is 462. The largest absolute Gasteiger partial charge is 0.478 e. The van der Waals surface area contributed by atoms with Crippen LogP contribution in [-0.2, 0) is 9.53 Å². The third kappa shape index (κ3) is 5.05. The van der Waals surface area contributed by atoms with E-state index < -0.39 is 17.3 Å². The fourth-order valence-electron chi connectivity index (χ4n) is 1.40. The lowest BCUT2D eigenvalue weighted by Crippen LogP contribution is -2.15. The molecule has 0 aliphatic rings. The van der Waals surface area contributed by atoms with Crippen LogP contribution >= 0.6 is 0 Å². The number of halogens is 1. The van der Waals surface area contributed by atoms with E-state index in [2.05, 4.69) is 5.32 Å². The van der Waals surface area contributed by atoms with Gasteiger partial charge in [0, 0.05) is 12.3 Å². The molecule has 0 unspecified atom stereocenters. The molecule has 0 aliphatic heterocycles. The van der Waals surface area contributed by atoms with E-state index in [4.69, 9.17) is 9.84 Å². The number of aromatic carboxylic acids is 1. The van der Waals surface area contributed by atoms with Gasteiger partial charge >= 0.3 is 5.97 Å². The quantitative estimate of drug-likeness (QED) is 0.744. The van der Waals surface area contributed by atoms with E-state index in [0.717, 1.165) is 18.6 Å². The van der Waals surface area contributed by atoms with Crippen LogP contribution in [0.1, 0.15) is 30.1 Å². The van der Waals surface area contributed by atoms with E-state index in [-0.39, 0.29) is 18.0 Å². The highest BCUT2D eigenvalue weighted by Crippen LogP contribution is 2.15. The number of amides is 1. The molecule has 104 valence electrons. The van der Waals surface area contributed by atoms with E-state index in [9.17, 15) is 14.0 Å². The molecule has 0 bridgehead atoms. The summed E-state index contributed by atoms with van der Waals surface area (Å²) in [6.45, 7) is 2.85. The molecule has 0 aromatic heterocycles. The highest BCUT2D eigenvalue weighted by Gasteiger charge is 2.11. The molecule has 1 aromatic rings. The summed E-state index contributed by atoms with van der Waals surface area (Å²) in [5, 5.41) is 11.2. The zero-order chi connectivity index (χ0) is 14.3. The highest BCUT2D eigenvalue weighted by molar-refractivity contribution is 5.94. The van der Waals surface area contributed by atoms with Gasteiger partial charge < -0.3 is 15.2 Å². The molecule has 1 amide bonds. The van der Waals surface area contributed by atoms with Gasteiger partial charge in [-0.15, -0.1) is 0 Å². The number of rotatable bonds is 7. The fourth-order valence-corrected chi connectivity index (χ4v) is 1.40. The van der Waals surface area contributed by atoms with Gasteiger partial charge in [0.15, 0.2) is 0 Å². The second kappa shape index (κ2) is 7.48. The molecule has 0 saturated carbocycles. The van der Waals surface area contributed by atoms with Crippen molar-refractivity contribution in [2.45, 2.75) is 19.8 Å². The normalized spacial score (nSPS) is 10.2. The smallest absolute Gasteiger partial charge is 0.338 e. The molecule has 2 N–H and O–H groups in total. The third-order valence-electron chi connectivity index (χ3n) is 2.30. The van der Waals surface area contributed by atoms with Gasteiger partial charge in [-0.3, -0.25) is 4.79 Å². The molecule has 0 radical (unpaired) electrons. The average molecular weight is 269 g/mol. The standard InChI is InChI=1S/C13H16FNO4/c1-2-6-19-7-5-12(16)15-9-3-4-11(14)10(8-9)13(17)18/h3-4,8H,2,5-7H2,1H3,(H,15,16)(H,17,18). The number of carboxylic acids is 1. The van der Waals surface area contributed by atoms with Gasteiger partial charge in [0.05, 0.1) is 18.6 Å². The summed E-state index contributed by atoms with van der Waals surface area (Å²) < 4.78 is 18.3. The second-order valence-electron chi connectivity index (χ2n) is 3.91. The fraction of sp³-hybridized carbons (Fsp3) is 0.385. The number of ether oxygens (including phenoxy) is 1. The van der Waals surface area contributed by atoms with Gasteiger partial charge in [-0.2, -0.15) is 0 Å². The molecule has 1 aromatic carbocycles. The van der Waals surface area contributed by atoms with Gasteiger partial charge in [-0.25, -0.2) is 9.18 Å². The van der Waals surface area contributed by atoms with Gasteiger partial charge in [0.1, 0.15) is 5.82 Å². The summed E-state index contributed by atoms with van der Waals surface area (Å²) >= 11 is 0. The number of carbonyl (C=O) groups excluding carboxylic acids is 1. The number of nitrogens with one attached hydrogen (secondary N) is 1. The first kappa shape index (κ1) is 15.1. The summed E-state index contributed by atoms with van der Waals surface area (Å²) in [7, 11) is 0. The number of hydrogen-bond acceptors (Lipinski definition) is 3. The zero-order valence-electron chi connectivity index (χ0n) is 10.6. The van der Waals surface area contributed by atoms with Gasteiger partial charge in [-0.1, -0.05) is 6.92 Å². The van der Waals surface area contributed by atoms with Crippen LogP contribution < -0.4 is 5.32 Å². The molecule has 6 heteroatoms. The summed E-state index contributed by atoms with van der Waals surface area (Å²) in [6.07, 6.45) is 1.04. The number of carboxylic acid groups (broad SMARTS) is 1. The summed E-state index contributed by atoms with van der Waals surface area (Å²) in [5.41, 5.74) is -0.223. The molecule has 0 fully saturated rings. The maximum Gasteiger partial charge on any atom is 0.338 e. The van der Waals surface area contributed by atoms with E-state index in [1.165, 1.54) is 6.07 Å². The highest BCUT2D eigenvalue weighted by atomic mass is 19.1. The lowest BCUT2D eigenvalue weighted by atomic mass is 10.2. The third-order valence-corrected chi connectivity index (χ3v) is 2.30. The number of anilines is 1. The van der Waals surface area contributed by atoms with E-state index in [1.807, 2.05) is 6.92 Å². The minimum Gasteiger partial charge on any atom is -0.478 e. The maximum atomic E-state index is 13.1. The Labute approximate surface area is 110 Å². The van der Waals surface area contributed by atoms with Crippen molar-refractivity contribution < 1.29 is 23.8 Å². The molecule has 0 spiro atoms. The van der Waals surface area contributed by atoms with Crippen LogP contribution in [-0.4, -0.2) is 30.2 Å². The Balaban J connectivity index is 2.55. The number of hydrogen-bond donors (Lipinski definition) is 2. The van der Waals surface area contributed by atoms with Crippen molar-refractivity contribution in [1.29, 1.82) is 0 Å². The van der Waals surface area contributed by atoms with Crippen LogP contribution in [0.5, 0.6) is 0 Å². The van der Waals surface area contributed by atoms with Crippen LogP contribution in [0.2, 0.25) is 0 Å². The summed E-state index contributed by atoms with van der Waals surface area (Å²) in [6, 6.07) is 3.40. The van der Waals surface area contributed by atoms with Crippen molar-refractivity contribution in [1.82, 2.24) is 0 Å². The van der Waals surface area contributed by atoms with Crippen molar-refractivity contribution >= 4 is 17.6 Å². The molecular formula is C13H16FNO4. The monoisotopic (exact) mass is 269 g/mol. The lowest BCUT2D eigenvalue weighted by Gasteiger charge is -2.07. The summed E-state index contributed by atoms with van der Waals surface area (Å²) in [4.78, 5) is 22.2. The predicted molar refractivity (Wildman–Crippen MR) is 67.7 cm³/mol. The van der Waals surface area contributed by atoms with Crippen molar-refractivity contribution in [2.24, 2.45) is 0 Å². The van der Waals surface area contributed by atoms with Crippen molar-refractivity contribution in [3.8, 4) is 0 Å².